The molecule has 1 amide bonds. The Hall–Kier alpha value is -4.16. The van der Waals surface area contributed by atoms with Crippen molar-refractivity contribution in [2.45, 2.75) is 65.2 Å². The first-order valence-corrected chi connectivity index (χ1v) is 13.9. The van der Waals surface area contributed by atoms with Crippen molar-refractivity contribution >= 4 is 16.9 Å². The highest BCUT2D eigenvalue weighted by Gasteiger charge is 2.33. The molecular formula is C34H34N2O4. The van der Waals surface area contributed by atoms with Crippen molar-refractivity contribution in [3.63, 3.8) is 0 Å². The second-order valence-electron chi connectivity index (χ2n) is 10.9. The third-order valence-corrected chi connectivity index (χ3v) is 7.60. The molecule has 6 heteroatoms. The second-order valence-corrected chi connectivity index (χ2v) is 10.9. The van der Waals surface area contributed by atoms with Crippen LogP contribution in [0.4, 0.5) is 0 Å². The highest BCUT2D eigenvalue weighted by molar-refractivity contribution is 5.83. The number of amides is 1. The molecule has 2 heterocycles. The van der Waals surface area contributed by atoms with Gasteiger partial charge in [-0.2, -0.15) is 0 Å². The highest BCUT2D eigenvalue weighted by atomic mass is 16.5. The summed E-state index contributed by atoms with van der Waals surface area (Å²) in [6.07, 6.45) is 2.20. The van der Waals surface area contributed by atoms with E-state index in [1.807, 2.05) is 56.3 Å². The largest absolute Gasteiger partial charge is 0.458 e. The number of hydrogen-bond donors (Lipinski definition) is 1. The molecular weight excluding hydrogens is 500 g/mol. The smallest absolute Gasteiger partial charge is 0.225 e. The number of aryl methyl sites for hydroxylation is 4. The first-order chi connectivity index (χ1) is 19.4. The van der Waals surface area contributed by atoms with Gasteiger partial charge in [-0.15, -0.1) is 0 Å². The molecule has 0 bridgehead atoms. The summed E-state index contributed by atoms with van der Waals surface area (Å²) in [7, 11) is 0. The summed E-state index contributed by atoms with van der Waals surface area (Å²) in [5.41, 5.74) is 7.91. The van der Waals surface area contributed by atoms with Crippen molar-refractivity contribution in [1.29, 1.82) is 0 Å². The average molecular weight is 535 g/mol. The zero-order chi connectivity index (χ0) is 27.8. The van der Waals surface area contributed by atoms with E-state index in [4.69, 9.17) is 13.7 Å². The fourth-order valence-corrected chi connectivity index (χ4v) is 5.42. The van der Waals surface area contributed by atoms with Gasteiger partial charge in [0.15, 0.2) is 0 Å². The minimum Gasteiger partial charge on any atom is -0.458 e. The van der Waals surface area contributed by atoms with Crippen molar-refractivity contribution in [1.82, 2.24) is 10.5 Å². The number of furan rings is 1. The van der Waals surface area contributed by atoms with Crippen molar-refractivity contribution < 1.29 is 18.5 Å². The Morgan fingerprint density at radius 2 is 1.80 bits per heavy atom. The van der Waals surface area contributed by atoms with E-state index in [1.54, 1.807) is 0 Å². The summed E-state index contributed by atoms with van der Waals surface area (Å²) < 4.78 is 18.1. The normalized spacial score (nSPS) is 14.8. The minimum absolute atomic E-state index is 0.0393. The van der Waals surface area contributed by atoms with Crippen LogP contribution in [0.1, 0.15) is 75.6 Å². The van der Waals surface area contributed by atoms with E-state index in [2.05, 4.69) is 54.7 Å². The Bertz CT molecular complexity index is 1640. The summed E-state index contributed by atoms with van der Waals surface area (Å²) in [5.74, 6) is 1.41. The molecule has 1 fully saturated rings. The molecule has 6 rings (SSSR count). The number of nitrogens with one attached hydrogen (secondary N) is 1. The first-order valence-electron chi connectivity index (χ1n) is 13.9. The molecule has 1 N–H and O–H groups in total. The number of rotatable bonds is 9. The molecule has 0 saturated heterocycles. The molecule has 6 nitrogen and oxygen atoms in total. The molecule has 1 aliphatic rings. The first kappa shape index (κ1) is 26.1. The molecule has 3 aromatic carbocycles. The molecule has 0 unspecified atom stereocenters. The lowest BCUT2D eigenvalue weighted by atomic mass is 9.93. The lowest BCUT2D eigenvalue weighted by Crippen LogP contribution is -2.31. The maximum atomic E-state index is 13.4. The number of carbonyl (C=O) groups excluding carboxylic acids is 1. The van der Waals surface area contributed by atoms with Crippen molar-refractivity contribution in [2.24, 2.45) is 0 Å². The van der Waals surface area contributed by atoms with E-state index in [-0.39, 0.29) is 30.6 Å². The van der Waals surface area contributed by atoms with E-state index in [0.717, 1.165) is 68.8 Å². The third-order valence-electron chi connectivity index (χ3n) is 7.60. The van der Waals surface area contributed by atoms with Gasteiger partial charge in [0.2, 0.25) is 5.91 Å². The topological polar surface area (TPSA) is 77.5 Å². The van der Waals surface area contributed by atoms with Crippen molar-refractivity contribution in [3.05, 3.63) is 123 Å². The van der Waals surface area contributed by atoms with Gasteiger partial charge >= 0.3 is 0 Å². The number of nitrogens with zero attached hydrogens (tertiary/aromatic N) is 1. The van der Waals surface area contributed by atoms with Crippen LogP contribution >= 0.6 is 0 Å². The van der Waals surface area contributed by atoms with Crippen LogP contribution in [-0.4, -0.2) is 17.2 Å². The summed E-state index contributed by atoms with van der Waals surface area (Å²) in [6.45, 7) is 8.00. The quantitative estimate of drug-likeness (QED) is 0.214. The molecule has 0 aliphatic heterocycles. The number of ether oxygens (including phenoxy) is 1. The van der Waals surface area contributed by atoms with Crippen LogP contribution in [0.2, 0.25) is 0 Å². The zero-order valence-corrected chi connectivity index (χ0v) is 23.4. The van der Waals surface area contributed by atoms with E-state index in [0.29, 0.717) is 0 Å². The van der Waals surface area contributed by atoms with Crippen LogP contribution in [0.3, 0.4) is 0 Å². The van der Waals surface area contributed by atoms with Gasteiger partial charge in [-0.25, -0.2) is 0 Å². The van der Waals surface area contributed by atoms with E-state index in [1.165, 1.54) is 5.56 Å². The molecule has 2 atom stereocenters. The summed E-state index contributed by atoms with van der Waals surface area (Å²) in [5, 5.41) is 8.35. The highest BCUT2D eigenvalue weighted by Crippen LogP contribution is 2.39. The number of benzene rings is 3. The van der Waals surface area contributed by atoms with Crippen LogP contribution in [0, 0.1) is 27.7 Å². The lowest BCUT2D eigenvalue weighted by Gasteiger charge is -2.22. The van der Waals surface area contributed by atoms with Crippen LogP contribution in [0.5, 0.6) is 0 Å². The minimum atomic E-state index is -0.373. The van der Waals surface area contributed by atoms with Crippen LogP contribution < -0.4 is 5.32 Å². The lowest BCUT2D eigenvalue weighted by molar-refractivity contribution is -0.120. The van der Waals surface area contributed by atoms with Gasteiger partial charge in [-0.05, 0) is 81.0 Å². The van der Waals surface area contributed by atoms with Crippen molar-refractivity contribution in [2.75, 3.05) is 0 Å². The van der Waals surface area contributed by atoms with E-state index in [9.17, 15) is 4.79 Å². The molecule has 204 valence electrons. The van der Waals surface area contributed by atoms with Gasteiger partial charge in [0.1, 0.15) is 23.2 Å². The van der Waals surface area contributed by atoms with Crippen molar-refractivity contribution in [3.8, 4) is 0 Å². The van der Waals surface area contributed by atoms with Gasteiger partial charge in [0, 0.05) is 5.39 Å². The molecule has 1 aliphatic carbocycles. The Morgan fingerprint density at radius 1 is 1.00 bits per heavy atom. The maximum absolute atomic E-state index is 13.4. The summed E-state index contributed by atoms with van der Waals surface area (Å²) in [6, 6.07) is 24.2. The molecule has 0 spiro atoms. The van der Waals surface area contributed by atoms with Gasteiger partial charge in [-0.3, -0.25) is 4.79 Å². The standard InChI is InChI=1S/C34H34N2O4/c1-20-10-14-28(21(2)16-20)33(25-8-6-5-7-9-25)35-31(37)18-24-11-15-29-26(17-24)19-30(39-29)34(38-27-12-13-27)32-22(3)36-40-23(32)4/h5-11,14-17,19,27,33-34H,12-13,18H2,1-4H3,(H,35,37)/t33-,34+/m0/s1. The van der Waals surface area contributed by atoms with E-state index >= 15 is 0 Å². The van der Waals surface area contributed by atoms with Gasteiger partial charge < -0.3 is 19.0 Å². The zero-order valence-electron chi connectivity index (χ0n) is 23.4. The van der Waals surface area contributed by atoms with Gasteiger partial charge in [0.25, 0.3) is 0 Å². The van der Waals surface area contributed by atoms with Crippen LogP contribution in [-0.2, 0) is 16.0 Å². The fourth-order valence-electron chi connectivity index (χ4n) is 5.42. The molecule has 1 saturated carbocycles. The number of aromatic nitrogens is 1. The number of hydrogen-bond acceptors (Lipinski definition) is 5. The molecule has 5 aromatic rings. The van der Waals surface area contributed by atoms with Gasteiger partial charge in [0.05, 0.1) is 29.8 Å². The number of fused-ring (bicyclic) bond motifs is 1. The molecule has 2 aromatic heterocycles. The third kappa shape index (κ3) is 5.45. The number of carbonyl (C=O) groups is 1. The van der Waals surface area contributed by atoms with Crippen LogP contribution in [0.25, 0.3) is 11.0 Å². The summed E-state index contributed by atoms with van der Waals surface area (Å²) in [4.78, 5) is 13.4. The fraction of sp³-hybridized carbons (Fsp3) is 0.294. The molecule has 40 heavy (non-hydrogen) atoms. The van der Waals surface area contributed by atoms with E-state index < -0.39 is 0 Å². The Labute approximate surface area is 234 Å². The average Bonchev–Trinajstić information content (AvgIpc) is 3.56. The second kappa shape index (κ2) is 10.8. The molecule has 0 radical (unpaired) electrons. The Kier molecular flexibility index (Phi) is 7.03. The predicted octanol–water partition coefficient (Wildman–Crippen LogP) is 7.37. The predicted molar refractivity (Wildman–Crippen MR) is 154 cm³/mol. The SMILES string of the molecule is Cc1ccc([C@@H](NC(=O)Cc2ccc3oc([C@@H](OC4CC4)c4c(C)noc4C)cc3c2)c2ccccc2)c(C)c1. The monoisotopic (exact) mass is 534 g/mol. The van der Waals surface area contributed by atoms with Gasteiger partial charge in [-0.1, -0.05) is 65.3 Å². The Morgan fingerprint density at radius 3 is 2.50 bits per heavy atom. The Balaban J connectivity index is 1.25. The summed E-state index contributed by atoms with van der Waals surface area (Å²) >= 11 is 0. The van der Waals surface area contributed by atoms with Crippen LogP contribution in [0.15, 0.2) is 81.7 Å². The maximum Gasteiger partial charge on any atom is 0.225 e.